The Bertz CT molecular complexity index is 475. The molecule has 0 saturated carbocycles. The zero-order valence-corrected chi connectivity index (χ0v) is 12.6. The number of rotatable bonds is 5. The summed E-state index contributed by atoms with van der Waals surface area (Å²) in [6.45, 7) is 4.44. The molecule has 0 aliphatic heterocycles. The molecule has 0 saturated heterocycles. The molecule has 0 heterocycles. The molecule has 6 heteroatoms. The number of halogens is 1. The molecule has 0 spiro atoms. The Morgan fingerprint density at radius 3 is 2.47 bits per heavy atom. The minimum absolute atomic E-state index is 0.0236. The summed E-state index contributed by atoms with van der Waals surface area (Å²) in [7, 11) is 0. The van der Waals surface area contributed by atoms with Crippen molar-refractivity contribution in [3.8, 4) is 0 Å². The van der Waals surface area contributed by atoms with Gasteiger partial charge in [0.2, 0.25) is 5.91 Å². The minimum atomic E-state index is -0.195. The highest BCUT2D eigenvalue weighted by Crippen LogP contribution is 2.20. The van der Waals surface area contributed by atoms with E-state index in [1.165, 1.54) is 0 Å². The normalized spacial score (nSPS) is 10.3. The number of nitrogens with two attached hydrogens (primary N) is 1. The monoisotopic (exact) mass is 327 g/mol. The fraction of sp³-hybridized carbons (Fsp3) is 0.385. The molecule has 0 aliphatic rings. The van der Waals surface area contributed by atoms with E-state index in [2.05, 4.69) is 26.6 Å². The van der Waals surface area contributed by atoms with Crippen LogP contribution in [0.15, 0.2) is 22.7 Å². The number of carbonyl (C=O) groups is 2. The second-order valence-corrected chi connectivity index (χ2v) is 5.29. The molecule has 0 bridgehead atoms. The molecule has 4 N–H and O–H groups in total. The Kier molecular flexibility index (Phi) is 5.82. The van der Waals surface area contributed by atoms with E-state index in [-0.39, 0.29) is 17.7 Å². The van der Waals surface area contributed by atoms with Crippen molar-refractivity contribution in [2.45, 2.75) is 13.8 Å². The van der Waals surface area contributed by atoms with Gasteiger partial charge in [0, 0.05) is 34.7 Å². The van der Waals surface area contributed by atoms with E-state index in [0.29, 0.717) is 28.8 Å². The van der Waals surface area contributed by atoms with E-state index in [1.807, 2.05) is 13.8 Å². The van der Waals surface area contributed by atoms with Crippen LogP contribution in [0.1, 0.15) is 24.2 Å². The van der Waals surface area contributed by atoms with Crippen LogP contribution >= 0.6 is 15.9 Å². The Hall–Kier alpha value is -1.56. The van der Waals surface area contributed by atoms with E-state index >= 15 is 0 Å². The number of amides is 2. The molecule has 0 radical (unpaired) electrons. The maximum Gasteiger partial charge on any atom is 0.251 e. The third-order valence-corrected chi connectivity index (χ3v) is 3.18. The third kappa shape index (κ3) is 4.90. The molecule has 0 atom stereocenters. The fourth-order valence-electron chi connectivity index (χ4n) is 1.34. The molecular formula is C13H18BrN3O2. The second-order valence-electron chi connectivity index (χ2n) is 4.44. The molecule has 0 aliphatic carbocycles. The summed E-state index contributed by atoms with van der Waals surface area (Å²) < 4.78 is 0.688. The van der Waals surface area contributed by atoms with Gasteiger partial charge in [-0.3, -0.25) is 9.59 Å². The molecule has 0 aromatic heterocycles. The average molecular weight is 328 g/mol. The van der Waals surface area contributed by atoms with Crippen LogP contribution in [0, 0.1) is 5.92 Å². The Morgan fingerprint density at radius 2 is 1.89 bits per heavy atom. The highest BCUT2D eigenvalue weighted by molar-refractivity contribution is 9.10. The van der Waals surface area contributed by atoms with E-state index < -0.39 is 0 Å². The number of carbonyl (C=O) groups excluding carboxylic acids is 2. The van der Waals surface area contributed by atoms with Crippen LogP contribution in [0.5, 0.6) is 0 Å². The molecule has 5 nitrogen and oxygen atoms in total. The molecule has 104 valence electrons. The number of nitrogen functional groups attached to an aromatic ring is 1. The van der Waals surface area contributed by atoms with Crippen molar-refractivity contribution in [2.75, 3.05) is 18.8 Å². The van der Waals surface area contributed by atoms with Crippen LogP contribution in [0.25, 0.3) is 0 Å². The van der Waals surface area contributed by atoms with Gasteiger partial charge in [0.1, 0.15) is 0 Å². The molecule has 0 fully saturated rings. The first kappa shape index (κ1) is 15.5. The Balaban J connectivity index is 2.39. The number of benzene rings is 1. The van der Waals surface area contributed by atoms with Gasteiger partial charge in [0.05, 0.1) is 0 Å². The quantitative estimate of drug-likeness (QED) is 0.566. The van der Waals surface area contributed by atoms with Gasteiger partial charge in [-0.2, -0.15) is 0 Å². The third-order valence-electron chi connectivity index (χ3n) is 2.50. The van der Waals surface area contributed by atoms with Crippen LogP contribution in [0.4, 0.5) is 5.69 Å². The van der Waals surface area contributed by atoms with Gasteiger partial charge in [0.15, 0.2) is 0 Å². The predicted octanol–water partition coefficient (Wildman–Crippen LogP) is 1.53. The summed E-state index contributed by atoms with van der Waals surface area (Å²) >= 11 is 3.27. The maximum atomic E-state index is 11.8. The van der Waals surface area contributed by atoms with Crippen molar-refractivity contribution in [3.63, 3.8) is 0 Å². The lowest BCUT2D eigenvalue weighted by atomic mass is 10.2. The van der Waals surface area contributed by atoms with Gasteiger partial charge in [-0.15, -0.1) is 0 Å². The lowest BCUT2D eigenvalue weighted by Gasteiger charge is -2.09. The summed E-state index contributed by atoms with van der Waals surface area (Å²) in [6, 6.07) is 4.99. The number of hydrogen-bond acceptors (Lipinski definition) is 3. The van der Waals surface area contributed by atoms with Crippen molar-refractivity contribution >= 4 is 33.4 Å². The summed E-state index contributed by atoms with van der Waals surface area (Å²) in [5, 5.41) is 5.45. The van der Waals surface area contributed by atoms with Crippen molar-refractivity contribution in [1.82, 2.24) is 10.6 Å². The number of hydrogen-bond donors (Lipinski definition) is 3. The van der Waals surface area contributed by atoms with Gasteiger partial charge in [-0.05, 0) is 34.1 Å². The fourth-order valence-corrected chi connectivity index (χ4v) is 1.72. The summed E-state index contributed by atoms with van der Waals surface area (Å²) in [4.78, 5) is 23.1. The smallest absolute Gasteiger partial charge is 0.251 e. The van der Waals surface area contributed by atoms with Crippen LogP contribution in [-0.2, 0) is 4.79 Å². The second kappa shape index (κ2) is 7.13. The standard InChI is InChI=1S/C13H18BrN3O2/c1-8(2)12(18)16-5-6-17-13(19)9-3-4-11(15)10(14)7-9/h3-4,7-8H,5-6,15H2,1-2H3,(H,16,18)(H,17,19). The molecule has 1 aromatic carbocycles. The van der Waals surface area contributed by atoms with Gasteiger partial charge in [-0.1, -0.05) is 13.8 Å². The van der Waals surface area contributed by atoms with Crippen molar-refractivity contribution in [1.29, 1.82) is 0 Å². The highest BCUT2D eigenvalue weighted by atomic mass is 79.9. The Morgan fingerprint density at radius 1 is 1.26 bits per heavy atom. The lowest BCUT2D eigenvalue weighted by molar-refractivity contribution is -0.123. The van der Waals surface area contributed by atoms with Gasteiger partial charge in [0.25, 0.3) is 5.91 Å². The van der Waals surface area contributed by atoms with E-state index in [1.54, 1.807) is 18.2 Å². The molecule has 2 amide bonds. The van der Waals surface area contributed by atoms with Crippen LogP contribution < -0.4 is 16.4 Å². The summed E-state index contributed by atoms with van der Waals surface area (Å²) in [5.74, 6) is -0.271. The molecule has 0 unspecified atom stereocenters. The average Bonchev–Trinajstić information content (AvgIpc) is 2.37. The summed E-state index contributed by atoms with van der Waals surface area (Å²) in [6.07, 6.45) is 0. The topological polar surface area (TPSA) is 84.2 Å². The van der Waals surface area contributed by atoms with E-state index in [4.69, 9.17) is 5.73 Å². The van der Waals surface area contributed by atoms with E-state index in [0.717, 1.165) is 0 Å². The SMILES string of the molecule is CC(C)C(=O)NCCNC(=O)c1ccc(N)c(Br)c1. The van der Waals surface area contributed by atoms with Gasteiger partial charge in [-0.25, -0.2) is 0 Å². The van der Waals surface area contributed by atoms with Gasteiger partial charge >= 0.3 is 0 Å². The highest BCUT2D eigenvalue weighted by Gasteiger charge is 2.08. The largest absolute Gasteiger partial charge is 0.398 e. The zero-order valence-electron chi connectivity index (χ0n) is 11.0. The zero-order chi connectivity index (χ0) is 14.4. The first-order valence-electron chi connectivity index (χ1n) is 6.02. The summed E-state index contributed by atoms with van der Waals surface area (Å²) in [5.41, 5.74) is 6.75. The van der Waals surface area contributed by atoms with Crippen molar-refractivity contribution in [3.05, 3.63) is 28.2 Å². The molecule has 1 aromatic rings. The predicted molar refractivity (Wildman–Crippen MR) is 78.7 cm³/mol. The minimum Gasteiger partial charge on any atom is -0.398 e. The Labute approximate surface area is 121 Å². The van der Waals surface area contributed by atoms with Crippen molar-refractivity contribution < 1.29 is 9.59 Å². The van der Waals surface area contributed by atoms with Gasteiger partial charge < -0.3 is 16.4 Å². The molecule has 19 heavy (non-hydrogen) atoms. The van der Waals surface area contributed by atoms with Crippen molar-refractivity contribution in [2.24, 2.45) is 5.92 Å². The van der Waals surface area contributed by atoms with Crippen LogP contribution in [0.2, 0.25) is 0 Å². The van der Waals surface area contributed by atoms with E-state index in [9.17, 15) is 9.59 Å². The first-order valence-corrected chi connectivity index (χ1v) is 6.82. The number of nitrogens with one attached hydrogen (secondary N) is 2. The molecular weight excluding hydrogens is 310 g/mol. The van der Waals surface area contributed by atoms with Crippen LogP contribution in [0.3, 0.4) is 0 Å². The maximum absolute atomic E-state index is 11.8. The first-order chi connectivity index (χ1) is 8.91. The number of anilines is 1. The lowest BCUT2D eigenvalue weighted by Crippen LogP contribution is -2.36. The van der Waals surface area contributed by atoms with Crippen LogP contribution in [-0.4, -0.2) is 24.9 Å². The molecule has 1 rings (SSSR count).